The van der Waals surface area contributed by atoms with E-state index in [0.29, 0.717) is 0 Å². The Kier molecular flexibility index (Phi) is 3.75. The van der Waals surface area contributed by atoms with E-state index >= 15 is 0 Å². The second-order valence-corrected chi connectivity index (χ2v) is 3.88. The Labute approximate surface area is 93.7 Å². The highest BCUT2D eigenvalue weighted by atomic mass is 16.8. The van der Waals surface area contributed by atoms with Gasteiger partial charge in [-0.25, -0.2) is 0 Å². The van der Waals surface area contributed by atoms with Crippen molar-refractivity contribution < 1.29 is 28.5 Å². The lowest BCUT2D eigenvalue weighted by molar-refractivity contribution is -0.145. The van der Waals surface area contributed by atoms with Crippen molar-refractivity contribution in [1.29, 1.82) is 0 Å². The summed E-state index contributed by atoms with van der Waals surface area (Å²) >= 11 is 0. The topological polar surface area (TPSA) is 63.2 Å². The molecule has 0 saturated carbocycles. The van der Waals surface area contributed by atoms with Crippen molar-refractivity contribution in [1.82, 2.24) is 0 Å². The van der Waals surface area contributed by atoms with Gasteiger partial charge in [0.25, 0.3) is 0 Å². The summed E-state index contributed by atoms with van der Waals surface area (Å²) in [5, 5.41) is 0. The predicted molar refractivity (Wildman–Crippen MR) is 51.5 cm³/mol. The summed E-state index contributed by atoms with van der Waals surface area (Å²) in [6, 6.07) is 0. The van der Waals surface area contributed by atoms with Gasteiger partial charge in [0.1, 0.15) is 38.5 Å². The van der Waals surface area contributed by atoms with Gasteiger partial charge in [-0.3, -0.25) is 4.79 Å². The van der Waals surface area contributed by atoms with Gasteiger partial charge < -0.3 is 23.7 Å². The summed E-state index contributed by atoms with van der Waals surface area (Å²) in [6.07, 6.45) is -0.718. The number of hydrogen-bond donors (Lipinski definition) is 0. The van der Waals surface area contributed by atoms with Crippen molar-refractivity contribution >= 4 is 5.97 Å². The Morgan fingerprint density at radius 2 is 1.88 bits per heavy atom. The highest BCUT2D eigenvalue weighted by Crippen LogP contribution is 2.25. The van der Waals surface area contributed by atoms with E-state index in [1.54, 1.807) is 0 Å². The number of carbonyl (C=O) groups is 1. The van der Waals surface area contributed by atoms with E-state index < -0.39 is 0 Å². The fourth-order valence-corrected chi connectivity index (χ4v) is 1.87. The second-order valence-electron chi connectivity index (χ2n) is 3.88. The summed E-state index contributed by atoms with van der Waals surface area (Å²) < 4.78 is 26.4. The van der Waals surface area contributed by atoms with E-state index in [-0.39, 0.29) is 50.6 Å². The highest BCUT2D eigenvalue weighted by molar-refractivity contribution is 5.65. The largest absolute Gasteiger partial charge is 0.463 e. The van der Waals surface area contributed by atoms with E-state index in [1.165, 1.54) is 6.92 Å². The molecule has 0 N–H and O–H groups in total. The van der Waals surface area contributed by atoms with Crippen LogP contribution in [0.5, 0.6) is 0 Å². The maximum absolute atomic E-state index is 10.7. The molecule has 0 unspecified atom stereocenters. The molecule has 6 nitrogen and oxygen atoms in total. The van der Waals surface area contributed by atoms with Crippen LogP contribution in [-0.2, 0) is 28.5 Å². The summed E-state index contributed by atoms with van der Waals surface area (Å²) in [7, 11) is 0. The molecule has 2 rings (SSSR count). The maximum Gasteiger partial charge on any atom is 0.302 e. The third kappa shape index (κ3) is 2.52. The molecule has 0 amide bonds. The molecule has 0 aromatic rings. The zero-order valence-electron chi connectivity index (χ0n) is 9.38. The molecule has 4 atom stereocenters. The molecular formula is C10H16O6. The average Bonchev–Trinajstić information content (AvgIpc) is 2.82. The van der Waals surface area contributed by atoms with Crippen molar-refractivity contribution in [3.8, 4) is 0 Å². The molecule has 0 radical (unpaired) electrons. The third-order valence-corrected chi connectivity index (χ3v) is 2.74. The third-order valence-electron chi connectivity index (χ3n) is 2.74. The van der Waals surface area contributed by atoms with Crippen molar-refractivity contribution in [2.75, 3.05) is 20.2 Å². The smallest absolute Gasteiger partial charge is 0.302 e. The quantitative estimate of drug-likeness (QED) is 0.641. The molecule has 0 aromatic heterocycles. The summed E-state index contributed by atoms with van der Waals surface area (Å²) in [6.45, 7) is 3.94. The molecule has 2 saturated heterocycles. The Bertz CT molecular complexity index is 256. The molecule has 2 aliphatic heterocycles. The molecule has 2 fully saturated rings. The van der Waals surface area contributed by atoms with Crippen LogP contribution in [0.15, 0.2) is 0 Å². The first-order chi connectivity index (χ1) is 7.68. The van der Waals surface area contributed by atoms with Crippen molar-refractivity contribution in [3.63, 3.8) is 0 Å². The van der Waals surface area contributed by atoms with E-state index in [2.05, 4.69) is 0 Å². The van der Waals surface area contributed by atoms with Crippen LogP contribution in [0.4, 0.5) is 0 Å². The van der Waals surface area contributed by atoms with Crippen LogP contribution in [0.2, 0.25) is 0 Å². The minimum atomic E-state index is -0.328. The molecule has 0 aliphatic carbocycles. The molecule has 0 aromatic carbocycles. The van der Waals surface area contributed by atoms with E-state index in [4.69, 9.17) is 23.7 Å². The van der Waals surface area contributed by atoms with Crippen molar-refractivity contribution in [2.24, 2.45) is 0 Å². The highest BCUT2D eigenvalue weighted by Gasteiger charge is 2.42. The van der Waals surface area contributed by atoms with Crippen LogP contribution in [0.25, 0.3) is 0 Å². The lowest BCUT2D eigenvalue weighted by Crippen LogP contribution is -2.42. The Morgan fingerprint density at radius 3 is 2.50 bits per heavy atom. The number of rotatable bonds is 3. The van der Waals surface area contributed by atoms with Crippen LogP contribution >= 0.6 is 0 Å². The lowest BCUT2D eigenvalue weighted by atomic mass is 10.0. The lowest BCUT2D eigenvalue weighted by Gasteiger charge is -2.23. The van der Waals surface area contributed by atoms with E-state index in [1.807, 2.05) is 6.92 Å². The van der Waals surface area contributed by atoms with Gasteiger partial charge in [0.05, 0.1) is 6.10 Å². The predicted octanol–water partition coefficient (Wildman–Crippen LogP) is 0.0524. The summed E-state index contributed by atoms with van der Waals surface area (Å²) in [5.74, 6) is -0.328. The van der Waals surface area contributed by atoms with Crippen LogP contribution in [-0.4, -0.2) is 50.6 Å². The summed E-state index contributed by atoms with van der Waals surface area (Å²) in [4.78, 5) is 10.7. The van der Waals surface area contributed by atoms with Crippen molar-refractivity contribution in [2.45, 2.75) is 38.3 Å². The normalized spacial score (nSPS) is 38.9. The standard InChI is InChI=1S/C10H16O6/c1-6-9(15-4-13-6)10-8(14-5-16-10)3-12-7(2)11/h6,8-10H,3-5H2,1-2H3/t6-,8+,9-,10-/m1/s1. The Balaban J connectivity index is 1.89. The number of esters is 1. The first kappa shape index (κ1) is 11.8. The monoisotopic (exact) mass is 232 g/mol. The van der Waals surface area contributed by atoms with Gasteiger partial charge in [0.15, 0.2) is 0 Å². The van der Waals surface area contributed by atoms with Crippen LogP contribution in [0.3, 0.4) is 0 Å². The first-order valence-corrected chi connectivity index (χ1v) is 5.28. The molecule has 6 heteroatoms. The molecule has 16 heavy (non-hydrogen) atoms. The minimum Gasteiger partial charge on any atom is -0.463 e. The van der Waals surface area contributed by atoms with Gasteiger partial charge in [0.2, 0.25) is 0 Å². The minimum absolute atomic E-state index is 0.0356. The van der Waals surface area contributed by atoms with Crippen LogP contribution in [0, 0.1) is 0 Å². The molecule has 92 valence electrons. The molecule has 0 spiro atoms. The second kappa shape index (κ2) is 5.09. The SMILES string of the molecule is CC(=O)OC[C@@H]1OCO[C@H]1[C@@H]1OCO[C@@H]1C. The Hall–Kier alpha value is -0.690. The fraction of sp³-hybridized carbons (Fsp3) is 0.900. The van der Waals surface area contributed by atoms with Crippen LogP contribution in [0.1, 0.15) is 13.8 Å². The Morgan fingerprint density at radius 1 is 1.19 bits per heavy atom. The average molecular weight is 232 g/mol. The zero-order chi connectivity index (χ0) is 11.5. The first-order valence-electron chi connectivity index (χ1n) is 5.28. The van der Waals surface area contributed by atoms with E-state index in [9.17, 15) is 4.79 Å². The van der Waals surface area contributed by atoms with Gasteiger partial charge in [-0.2, -0.15) is 0 Å². The van der Waals surface area contributed by atoms with Gasteiger partial charge in [-0.05, 0) is 6.92 Å². The zero-order valence-corrected chi connectivity index (χ0v) is 9.38. The van der Waals surface area contributed by atoms with Gasteiger partial charge in [0, 0.05) is 6.92 Å². The maximum atomic E-state index is 10.7. The molecule has 0 bridgehead atoms. The van der Waals surface area contributed by atoms with Gasteiger partial charge >= 0.3 is 5.97 Å². The molecular weight excluding hydrogens is 216 g/mol. The molecule has 2 heterocycles. The number of carbonyl (C=O) groups excluding carboxylic acids is 1. The van der Waals surface area contributed by atoms with Gasteiger partial charge in [-0.1, -0.05) is 0 Å². The molecule has 2 aliphatic rings. The van der Waals surface area contributed by atoms with Crippen molar-refractivity contribution in [3.05, 3.63) is 0 Å². The number of hydrogen-bond acceptors (Lipinski definition) is 6. The summed E-state index contributed by atoms with van der Waals surface area (Å²) in [5.41, 5.74) is 0. The number of ether oxygens (including phenoxy) is 5. The van der Waals surface area contributed by atoms with Gasteiger partial charge in [-0.15, -0.1) is 0 Å². The fourth-order valence-electron chi connectivity index (χ4n) is 1.87. The van der Waals surface area contributed by atoms with Crippen LogP contribution < -0.4 is 0 Å². The van der Waals surface area contributed by atoms with E-state index in [0.717, 1.165) is 0 Å².